The second-order valence-electron chi connectivity index (χ2n) is 7.20. The molecule has 34 heavy (non-hydrogen) atoms. The van der Waals surface area contributed by atoms with Crippen LogP contribution in [0.3, 0.4) is 0 Å². The van der Waals surface area contributed by atoms with Crippen LogP contribution < -0.4 is 23.4 Å². The van der Waals surface area contributed by atoms with E-state index in [2.05, 4.69) is 0 Å². The molecule has 1 aliphatic rings. The quantitative estimate of drug-likeness (QED) is 0.475. The van der Waals surface area contributed by atoms with Crippen molar-refractivity contribution >= 4 is 39.0 Å². The molecular weight excluding hydrogens is 487 g/mol. The Labute approximate surface area is 201 Å². The normalized spacial score (nSPS) is 14.6. The molecule has 3 aromatic carbocycles. The largest absolute Gasteiger partial charge is 0.493 e. The molecule has 4 rings (SSSR count). The Morgan fingerprint density at radius 1 is 0.941 bits per heavy atom. The van der Waals surface area contributed by atoms with Crippen LogP contribution in [0, 0.1) is 5.82 Å². The fourth-order valence-electron chi connectivity index (χ4n) is 3.74. The van der Waals surface area contributed by atoms with Gasteiger partial charge in [-0.25, -0.2) is 17.6 Å². The third-order valence-electron chi connectivity index (χ3n) is 5.32. The molecule has 3 aromatic rings. The lowest BCUT2D eigenvalue weighted by Gasteiger charge is -2.36. The predicted molar refractivity (Wildman–Crippen MR) is 125 cm³/mol. The summed E-state index contributed by atoms with van der Waals surface area (Å²) in [5.74, 6) is -0.0812. The van der Waals surface area contributed by atoms with Gasteiger partial charge in [0.25, 0.3) is 10.0 Å². The van der Waals surface area contributed by atoms with Gasteiger partial charge in [-0.15, -0.1) is 0 Å². The summed E-state index contributed by atoms with van der Waals surface area (Å²) in [7, 11) is -0.156. The van der Waals surface area contributed by atoms with E-state index < -0.39 is 21.9 Å². The van der Waals surface area contributed by atoms with Crippen LogP contribution in [0.2, 0.25) is 5.02 Å². The minimum absolute atomic E-state index is 0.0238. The number of hydrogen-bond donors (Lipinski definition) is 0. The molecule has 0 spiro atoms. The maximum absolute atomic E-state index is 14.0. The number of urea groups is 1. The van der Waals surface area contributed by atoms with E-state index in [0.717, 1.165) is 0 Å². The van der Waals surface area contributed by atoms with E-state index in [-0.39, 0.29) is 45.1 Å². The third-order valence-corrected chi connectivity index (χ3v) is 7.50. The number of nitrogens with zero attached hydrogens (tertiary/aromatic N) is 2. The van der Waals surface area contributed by atoms with Gasteiger partial charge in [0, 0.05) is 12.1 Å². The van der Waals surface area contributed by atoms with Gasteiger partial charge in [0.05, 0.1) is 44.3 Å². The molecule has 0 atom stereocenters. The van der Waals surface area contributed by atoms with Crippen LogP contribution in [0.5, 0.6) is 17.2 Å². The number of benzene rings is 3. The van der Waals surface area contributed by atoms with E-state index in [4.69, 9.17) is 25.8 Å². The lowest BCUT2D eigenvalue weighted by Crippen LogP contribution is -2.50. The van der Waals surface area contributed by atoms with E-state index >= 15 is 0 Å². The number of carbonyl (C=O) groups excluding carboxylic acids is 1. The van der Waals surface area contributed by atoms with Gasteiger partial charge in [0.2, 0.25) is 5.75 Å². The second-order valence-corrected chi connectivity index (χ2v) is 9.34. The van der Waals surface area contributed by atoms with E-state index in [0.29, 0.717) is 9.87 Å². The lowest BCUT2D eigenvalue weighted by molar-refractivity contribution is 0.253. The number of hydrogen-bond acceptors (Lipinski definition) is 6. The molecule has 1 heterocycles. The van der Waals surface area contributed by atoms with E-state index in [1.165, 1.54) is 62.6 Å². The van der Waals surface area contributed by atoms with Crippen molar-refractivity contribution in [3.05, 3.63) is 71.0 Å². The number of para-hydroxylation sites is 1. The smallest absolute Gasteiger partial charge is 0.343 e. The minimum atomic E-state index is -4.31. The number of amides is 2. The van der Waals surface area contributed by atoms with Gasteiger partial charge in [-0.1, -0.05) is 35.9 Å². The van der Waals surface area contributed by atoms with Crippen LogP contribution in [0.1, 0.15) is 5.56 Å². The molecule has 0 unspecified atom stereocenters. The zero-order valence-corrected chi connectivity index (χ0v) is 20.0. The second kappa shape index (κ2) is 9.03. The standard InChI is InChI=1S/C23H20ClFN2O6S/c1-31-18-11-15(12-19(32-2)22(18)33-3)27-23(28)26(13-14-7-6-8-16(25)21(14)24)17-9-4-5-10-20(17)34(27,29)30/h4-12H,13H2,1-3H3. The molecule has 0 saturated heterocycles. The van der Waals surface area contributed by atoms with Crippen molar-refractivity contribution < 1.29 is 31.8 Å². The van der Waals surface area contributed by atoms with E-state index in [9.17, 15) is 17.6 Å². The zero-order chi connectivity index (χ0) is 24.6. The number of rotatable bonds is 6. The predicted octanol–water partition coefficient (Wildman–Crippen LogP) is 4.84. The Bertz CT molecular complexity index is 1360. The molecule has 0 bridgehead atoms. The summed E-state index contributed by atoms with van der Waals surface area (Å²) < 4.78 is 57.8. The Morgan fingerprint density at radius 3 is 2.21 bits per heavy atom. The summed E-state index contributed by atoms with van der Waals surface area (Å²) in [5, 5.41) is -0.152. The van der Waals surface area contributed by atoms with Gasteiger partial charge < -0.3 is 14.2 Å². The number of halogens is 2. The highest BCUT2D eigenvalue weighted by molar-refractivity contribution is 7.94. The van der Waals surface area contributed by atoms with Gasteiger partial charge in [-0.2, -0.15) is 4.31 Å². The van der Waals surface area contributed by atoms with Crippen molar-refractivity contribution in [2.75, 3.05) is 30.5 Å². The van der Waals surface area contributed by atoms with Crippen LogP contribution in [-0.4, -0.2) is 35.8 Å². The van der Waals surface area contributed by atoms with Crippen molar-refractivity contribution in [1.82, 2.24) is 0 Å². The monoisotopic (exact) mass is 506 g/mol. The highest BCUT2D eigenvalue weighted by Gasteiger charge is 2.43. The van der Waals surface area contributed by atoms with Gasteiger partial charge >= 0.3 is 6.03 Å². The SMILES string of the molecule is COc1cc(N2C(=O)N(Cc3cccc(F)c3Cl)c3ccccc3S2(=O)=O)cc(OC)c1OC. The number of anilines is 2. The number of fused-ring (bicyclic) bond motifs is 1. The van der Waals surface area contributed by atoms with Crippen molar-refractivity contribution in [3.63, 3.8) is 0 Å². The van der Waals surface area contributed by atoms with Crippen LogP contribution in [-0.2, 0) is 16.6 Å². The van der Waals surface area contributed by atoms with Crippen molar-refractivity contribution in [3.8, 4) is 17.2 Å². The highest BCUT2D eigenvalue weighted by Crippen LogP contribution is 2.45. The Hall–Kier alpha value is -3.50. The molecule has 2 amide bonds. The molecule has 0 saturated carbocycles. The number of sulfonamides is 1. The van der Waals surface area contributed by atoms with Gasteiger partial charge in [-0.05, 0) is 23.8 Å². The summed E-state index contributed by atoms with van der Waals surface area (Å²) in [5.41, 5.74) is 0.440. The maximum atomic E-state index is 14.0. The topological polar surface area (TPSA) is 85.4 Å². The first-order chi connectivity index (χ1) is 16.2. The molecule has 0 radical (unpaired) electrons. The first kappa shape index (κ1) is 23.7. The molecule has 0 fully saturated rings. The van der Waals surface area contributed by atoms with Crippen LogP contribution in [0.4, 0.5) is 20.6 Å². The van der Waals surface area contributed by atoms with Crippen LogP contribution >= 0.6 is 11.6 Å². The van der Waals surface area contributed by atoms with Gasteiger partial charge in [0.15, 0.2) is 11.5 Å². The lowest BCUT2D eigenvalue weighted by atomic mass is 10.2. The molecule has 178 valence electrons. The first-order valence-corrected chi connectivity index (χ1v) is 11.7. The molecule has 0 aliphatic carbocycles. The van der Waals surface area contributed by atoms with Crippen molar-refractivity contribution in [2.24, 2.45) is 0 Å². The van der Waals surface area contributed by atoms with Crippen molar-refractivity contribution in [2.45, 2.75) is 11.4 Å². The van der Waals surface area contributed by atoms with Crippen molar-refractivity contribution in [1.29, 1.82) is 0 Å². The highest BCUT2D eigenvalue weighted by atomic mass is 35.5. The zero-order valence-electron chi connectivity index (χ0n) is 18.4. The van der Waals surface area contributed by atoms with Crippen LogP contribution in [0.15, 0.2) is 59.5 Å². The average molecular weight is 507 g/mol. The van der Waals surface area contributed by atoms with Gasteiger partial charge in [-0.3, -0.25) is 4.90 Å². The maximum Gasteiger partial charge on any atom is 0.343 e. The molecule has 0 N–H and O–H groups in total. The average Bonchev–Trinajstić information content (AvgIpc) is 2.83. The molecule has 1 aliphatic heterocycles. The Morgan fingerprint density at radius 2 is 1.59 bits per heavy atom. The summed E-state index contributed by atoms with van der Waals surface area (Å²) >= 11 is 6.12. The number of carbonyl (C=O) groups is 1. The summed E-state index contributed by atoms with van der Waals surface area (Å²) in [6.07, 6.45) is 0. The first-order valence-electron chi connectivity index (χ1n) is 9.93. The summed E-state index contributed by atoms with van der Waals surface area (Å²) in [6, 6.07) is 12.1. The fourth-order valence-corrected chi connectivity index (χ4v) is 5.50. The third kappa shape index (κ3) is 3.78. The fraction of sp³-hybridized carbons (Fsp3) is 0.174. The Balaban J connectivity index is 1.92. The summed E-state index contributed by atoms with van der Waals surface area (Å²) in [4.78, 5) is 14.8. The van der Waals surface area contributed by atoms with Crippen LogP contribution in [0.25, 0.3) is 0 Å². The molecule has 8 nitrogen and oxygen atoms in total. The van der Waals surface area contributed by atoms with E-state index in [1.54, 1.807) is 18.2 Å². The van der Waals surface area contributed by atoms with E-state index in [1.807, 2.05) is 0 Å². The summed E-state index contributed by atoms with van der Waals surface area (Å²) in [6.45, 7) is -0.164. The Kier molecular flexibility index (Phi) is 6.28. The van der Waals surface area contributed by atoms with Gasteiger partial charge in [0.1, 0.15) is 10.7 Å². The molecule has 0 aromatic heterocycles. The number of methoxy groups -OCH3 is 3. The number of ether oxygens (including phenoxy) is 3. The molecular formula is C23H20ClFN2O6S. The molecule has 11 heteroatoms. The minimum Gasteiger partial charge on any atom is -0.493 e.